The van der Waals surface area contributed by atoms with E-state index in [9.17, 15) is 14.4 Å². The second-order valence-electron chi connectivity index (χ2n) is 9.39. The number of thioether (sulfide) groups is 1. The van der Waals surface area contributed by atoms with E-state index in [2.05, 4.69) is 4.90 Å². The summed E-state index contributed by atoms with van der Waals surface area (Å²) in [4.78, 5) is 44.2. The van der Waals surface area contributed by atoms with E-state index >= 15 is 0 Å². The van der Waals surface area contributed by atoms with Crippen LogP contribution in [0.3, 0.4) is 0 Å². The molecule has 5 rings (SSSR count). The summed E-state index contributed by atoms with van der Waals surface area (Å²) < 4.78 is 7.07. The molecule has 192 valence electrons. The van der Waals surface area contributed by atoms with Gasteiger partial charge in [0, 0.05) is 31.6 Å². The van der Waals surface area contributed by atoms with E-state index < -0.39 is 5.97 Å². The number of ether oxygens (including phenoxy) is 1. The Balaban J connectivity index is 1.58. The number of nitrogens with zero attached hydrogens (tertiary/aromatic N) is 3. The van der Waals surface area contributed by atoms with Gasteiger partial charge >= 0.3 is 5.97 Å². The average Bonchev–Trinajstić information content (AvgIpc) is 3.45. The number of pyridine rings is 1. The van der Waals surface area contributed by atoms with Crippen molar-refractivity contribution in [3.05, 3.63) is 87.1 Å². The molecular formula is C29H31N3O4S. The Hall–Kier alpha value is -3.52. The van der Waals surface area contributed by atoms with Crippen LogP contribution in [0.15, 0.2) is 64.8 Å². The Morgan fingerprint density at radius 2 is 1.81 bits per heavy atom. The third-order valence-electron chi connectivity index (χ3n) is 6.93. The molecule has 0 N–H and O–H groups in total. The molecule has 8 heteroatoms. The molecule has 7 nitrogen and oxygen atoms in total. The number of carbonyl (C=O) groups is 2. The molecular weight excluding hydrogens is 486 g/mol. The zero-order chi connectivity index (χ0) is 25.9. The summed E-state index contributed by atoms with van der Waals surface area (Å²) in [6.07, 6.45) is 2.80. The molecule has 1 amide bonds. The monoisotopic (exact) mass is 517 g/mol. The maximum Gasteiger partial charge on any atom is 0.345 e. The summed E-state index contributed by atoms with van der Waals surface area (Å²) >= 11 is 1.57. The molecule has 0 aliphatic carbocycles. The fourth-order valence-corrected chi connectivity index (χ4v) is 5.99. The largest absolute Gasteiger partial charge is 0.462 e. The highest BCUT2D eigenvalue weighted by Crippen LogP contribution is 2.32. The molecule has 3 heterocycles. The summed E-state index contributed by atoms with van der Waals surface area (Å²) in [6.45, 7) is 6.42. The van der Waals surface area contributed by atoms with Gasteiger partial charge in [0.15, 0.2) is 0 Å². The first-order valence-corrected chi connectivity index (χ1v) is 13.6. The number of allylic oxidation sites excluding steroid dienone is 1. The van der Waals surface area contributed by atoms with Gasteiger partial charge in [-0.3, -0.25) is 9.59 Å². The van der Waals surface area contributed by atoms with Gasteiger partial charge in [-0.25, -0.2) is 4.79 Å². The van der Waals surface area contributed by atoms with Crippen molar-refractivity contribution in [3.63, 3.8) is 0 Å². The van der Waals surface area contributed by atoms with Crippen LogP contribution in [0.4, 0.5) is 5.69 Å². The van der Waals surface area contributed by atoms with Crippen molar-refractivity contribution in [3.8, 4) is 0 Å². The van der Waals surface area contributed by atoms with E-state index in [4.69, 9.17) is 4.74 Å². The Morgan fingerprint density at radius 3 is 2.49 bits per heavy atom. The number of esters is 1. The molecule has 2 aromatic carbocycles. The van der Waals surface area contributed by atoms with Crippen LogP contribution in [0.25, 0.3) is 10.9 Å². The highest BCUT2D eigenvalue weighted by atomic mass is 32.2. The average molecular weight is 518 g/mol. The van der Waals surface area contributed by atoms with Crippen LogP contribution >= 0.6 is 11.8 Å². The van der Waals surface area contributed by atoms with Crippen molar-refractivity contribution in [1.29, 1.82) is 0 Å². The Morgan fingerprint density at radius 1 is 1.05 bits per heavy atom. The number of rotatable bonds is 6. The molecule has 1 saturated heterocycles. The first-order chi connectivity index (χ1) is 18.0. The normalized spacial score (nSPS) is 17.4. The van der Waals surface area contributed by atoms with Crippen LogP contribution in [0, 0.1) is 6.92 Å². The molecule has 0 radical (unpaired) electrons. The van der Waals surface area contributed by atoms with Crippen molar-refractivity contribution < 1.29 is 14.3 Å². The van der Waals surface area contributed by atoms with Gasteiger partial charge in [0.05, 0.1) is 29.6 Å². The summed E-state index contributed by atoms with van der Waals surface area (Å²) in [7, 11) is 0. The standard InChI is InChI=1S/C29H31N3O4S/c1-3-36-29(35)25-26(30-13-15-31(16-14-30)27(33)24-10-7-17-37-24)22-18-20(2)11-12-23(22)32(28(25)34)19-21-8-5-4-6-9-21/h4-9,11-12,17-18,24H,3,10,13-16,19H2,1-2H3. The molecule has 1 aromatic heterocycles. The predicted molar refractivity (Wildman–Crippen MR) is 148 cm³/mol. The number of benzene rings is 2. The SMILES string of the molecule is CCOC(=O)c1c(N2CCN(C(=O)C3CC=CS3)CC2)c2cc(C)ccc2n(Cc2ccccc2)c1=O. The molecule has 2 aliphatic heterocycles. The number of amides is 1. The fourth-order valence-electron chi connectivity index (χ4n) is 5.09. The molecule has 1 atom stereocenters. The summed E-state index contributed by atoms with van der Waals surface area (Å²) in [5.41, 5.74) is 3.09. The maximum absolute atomic E-state index is 14.0. The molecule has 1 fully saturated rings. The summed E-state index contributed by atoms with van der Waals surface area (Å²) in [6, 6.07) is 15.7. The van der Waals surface area contributed by atoms with E-state index in [0.717, 1.165) is 28.5 Å². The minimum atomic E-state index is -0.611. The van der Waals surface area contributed by atoms with E-state index in [1.54, 1.807) is 23.3 Å². The van der Waals surface area contributed by atoms with E-state index in [1.807, 2.05) is 71.8 Å². The third kappa shape index (κ3) is 5.03. The number of aryl methyl sites for hydroxylation is 1. The number of carbonyl (C=O) groups excluding carboxylic acids is 2. The molecule has 0 bridgehead atoms. The second kappa shape index (κ2) is 10.8. The Kier molecular flexibility index (Phi) is 7.37. The zero-order valence-corrected chi connectivity index (χ0v) is 22.0. The van der Waals surface area contributed by atoms with Crippen molar-refractivity contribution in [2.45, 2.75) is 32.1 Å². The number of fused-ring (bicyclic) bond motifs is 1. The van der Waals surface area contributed by atoms with Crippen LogP contribution in [-0.2, 0) is 16.1 Å². The van der Waals surface area contributed by atoms with Crippen molar-refractivity contribution in [2.75, 3.05) is 37.7 Å². The van der Waals surface area contributed by atoms with Gasteiger partial charge < -0.3 is 19.1 Å². The van der Waals surface area contributed by atoms with E-state index in [1.165, 1.54) is 0 Å². The highest BCUT2D eigenvalue weighted by Gasteiger charge is 2.32. The lowest BCUT2D eigenvalue weighted by molar-refractivity contribution is -0.130. The third-order valence-corrected chi connectivity index (χ3v) is 8.00. The van der Waals surface area contributed by atoms with Gasteiger partial charge in [0.1, 0.15) is 5.56 Å². The number of hydrogen-bond acceptors (Lipinski definition) is 6. The lowest BCUT2D eigenvalue weighted by Crippen LogP contribution is -2.51. The van der Waals surface area contributed by atoms with Gasteiger partial charge in [-0.1, -0.05) is 48.0 Å². The minimum Gasteiger partial charge on any atom is -0.462 e. The van der Waals surface area contributed by atoms with Gasteiger partial charge in [-0.2, -0.15) is 0 Å². The first-order valence-electron chi connectivity index (χ1n) is 12.7. The number of hydrogen-bond donors (Lipinski definition) is 0. The second-order valence-corrected chi connectivity index (χ2v) is 10.5. The van der Waals surface area contributed by atoms with Crippen LogP contribution in [-0.4, -0.2) is 59.4 Å². The predicted octanol–water partition coefficient (Wildman–Crippen LogP) is 4.20. The van der Waals surface area contributed by atoms with Crippen LogP contribution in [0.2, 0.25) is 0 Å². The van der Waals surface area contributed by atoms with Gasteiger partial charge in [0.25, 0.3) is 5.56 Å². The molecule has 0 saturated carbocycles. The smallest absolute Gasteiger partial charge is 0.345 e. The molecule has 0 spiro atoms. The lowest BCUT2D eigenvalue weighted by Gasteiger charge is -2.38. The van der Waals surface area contributed by atoms with E-state index in [-0.39, 0.29) is 28.9 Å². The van der Waals surface area contributed by atoms with Gasteiger partial charge in [-0.15, -0.1) is 11.8 Å². The van der Waals surface area contributed by atoms with Crippen molar-refractivity contribution >= 4 is 40.2 Å². The molecule has 3 aromatic rings. The molecule has 1 unspecified atom stereocenters. The Labute approximate surface area is 220 Å². The molecule has 2 aliphatic rings. The van der Waals surface area contributed by atoms with Crippen LogP contribution < -0.4 is 10.5 Å². The van der Waals surface area contributed by atoms with Gasteiger partial charge in [0.2, 0.25) is 5.91 Å². The van der Waals surface area contributed by atoms with Crippen LogP contribution in [0.5, 0.6) is 0 Å². The topological polar surface area (TPSA) is 71.8 Å². The molecule has 37 heavy (non-hydrogen) atoms. The lowest BCUT2D eigenvalue weighted by atomic mass is 10.0. The zero-order valence-electron chi connectivity index (χ0n) is 21.2. The number of aromatic nitrogens is 1. The fraction of sp³-hybridized carbons (Fsp3) is 0.345. The van der Waals surface area contributed by atoms with Gasteiger partial charge in [-0.05, 0) is 43.4 Å². The van der Waals surface area contributed by atoms with E-state index in [0.29, 0.717) is 38.4 Å². The first kappa shape index (κ1) is 25.1. The maximum atomic E-state index is 14.0. The quantitative estimate of drug-likeness (QED) is 0.457. The number of anilines is 1. The minimum absolute atomic E-state index is 0.0490. The van der Waals surface area contributed by atoms with Crippen molar-refractivity contribution in [1.82, 2.24) is 9.47 Å². The van der Waals surface area contributed by atoms with Crippen LogP contribution in [0.1, 0.15) is 34.8 Å². The summed E-state index contributed by atoms with van der Waals surface area (Å²) in [5, 5.41) is 2.78. The Bertz CT molecular complexity index is 1400. The number of piperazine rings is 1. The summed E-state index contributed by atoms with van der Waals surface area (Å²) in [5.74, 6) is -0.459. The van der Waals surface area contributed by atoms with Crippen molar-refractivity contribution in [2.24, 2.45) is 0 Å². The highest BCUT2D eigenvalue weighted by molar-refractivity contribution is 8.03.